The molecule has 2 heterocycles. The largest absolute Gasteiger partial charge is 0.469 e. The van der Waals surface area contributed by atoms with Gasteiger partial charge in [0.05, 0.1) is 12.3 Å². The average Bonchev–Trinajstić information content (AvgIpc) is 3.47. The van der Waals surface area contributed by atoms with Gasteiger partial charge in [-0.15, -0.1) is 0 Å². The van der Waals surface area contributed by atoms with Gasteiger partial charge in [-0.1, -0.05) is 56.4 Å². The van der Waals surface area contributed by atoms with Gasteiger partial charge in [0, 0.05) is 17.8 Å². The molecule has 1 fully saturated rings. The Morgan fingerprint density at radius 3 is 2.69 bits per heavy atom. The summed E-state index contributed by atoms with van der Waals surface area (Å²) in [5.41, 5.74) is 0.899. The number of nitrogens with one attached hydrogen (secondary N) is 1. The number of carbonyl (C=O) groups excluding carboxylic acids is 2. The van der Waals surface area contributed by atoms with Crippen molar-refractivity contribution < 1.29 is 18.7 Å². The van der Waals surface area contributed by atoms with Gasteiger partial charge in [-0.25, -0.2) is 4.79 Å². The highest BCUT2D eigenvalue weighted by atomic mass is 32.1. The summed E-state index contributed by atoms with van der Waals surface area (Å²) in [4.78, 5) is 28.6. The van der Waals surface area contributed by atoms with E-state index in [1.807, 2.05) is 61.2 Å². The molecule has 1 saturated heterocycles. The maximum absolute atomic E-state index is 13.4. The van der Waals surface area contributed by atoms with Crippen LogP contribution in [0.2, 0.25) is 0 Å². The number of rotatable bonds is 10. The minimum Gasteiger partial charge on any atom is -0.469 e. The Morgan fingerprint density at radius 1 is 1.22 bits per heavy atom. The third kappa shape index (κ3) is 6.92. The Bertz CT molecular complexity index is 883. The van der Waals surface area contributed by atoms with Gasteiger partial charge in [0.25, 0.3) is 0 Å². The van der Waals surface area contributed by atoms with Crippen LogP contribution in [0.1, 0.15) is 50.9 Å². The second kappa shape index (κ2) is 11.8. The van der Waals surface area contributed by atoms with Crippen LogP contribution < -0.4 is 5.32 Å². The van der Waals surface area contributed by atoms with Crippen molar-refractivity contribution in [1.29, 1.82) is 0 Å². The average molecular weight is 457 g/mol. The molecule has 0 spiro atoms. The van der Waals surface area contributed by atoms with Crippen LogP contribution >= 0.6 is 12.2 Å². The molecule has 0 radical (unpaired) electrons. The van der Waals surface area contributed by atoms with Crippen LogP contribution in [0.4, 0.5) is 4.79 Å². The van der Waals surface area contributed by atoms with Gasteiger partial charge in [0.1, 0.15) is 18.4 Å². The number of benzene rings is 1. The summed E-state index contributed by atoms with van der Waals surface area (Å²) in [5, 5.41) is 2.80. The molecule has 6 nitrogen and oxygen atoms in total. The van der Waals surface area contributed by atoms with Gasteiger partial charge >= 0.3 is 6.09 Å². The summed E-state index contributed by atoms with van der Waals surface area (Å²) >= 11 is 5.69. The van der Waals surface area contributed by atoms with Crippen LogP contribution in [0.15, 0.2) is 53.1 Å². The van der Waals surface area contributed by atoms with Gasteiger partial charge < -0.3 is 19.4 Å². The van der Waals surface area contributed by atoms with Crippen molar-refractivity contribution in [3.05, 3.63) is 60.1 Å². The topological polar surface area (TPSA) is 71.8 Å². The predicted octanol–water partition coefficient (Wildman–Crippen LogP) is 4.91. The number of alkyl carbamates (subject to hydrolysis) is 1. The molecule has 172 valence electrons. The number of likely N-dealkylation sites (tertiary alicyclic amines) is 1. The predicted molar refractivity (Wildman–Crippen MR) is 127 cm³/mol. The van der Waals surface area contributed by atoms with Crippen molar-refractivity contribution in [3.8, 4) is 0 Å². The summed E-state index contributed by atoms with van der Waals surface area (Å²) in [5.74, 6) is 1.05. The monoisotopic (exact) mass is 456 g/mol. The molecule has 0 aliphatic carbocycles. The van der Waals surface area contributed by atoms with E-state index < -0.39 is 12.1 Å². The van der Waals surface area contributed by atoms with Crippen molar-refractivity contribution in [2.45, 2.75) is 64.6 Å². The number of thiocarbonyl (C=S) groups is 1. The van der Waals surface area contributed by atoms with Crippen LogP contribution in [-0.2, 0) is 22.6 Å². The number of furan rings is 1. The molecule has 1 aromatic heterocycles. The Morgan fingerprint density at radius 2 is 2.00 bits per heavy atom. The maximum atomic E-state index is 13.4. The number of hydrogen-bond acceptors (Lipinski definition) is 5. The van der Waals surface area contributed by atoms with Crippen molar-refractivity contribution in [1.82, 2.24) is 10.2 Å². The van der Waals surface area contributed by atoms with E-state index in [2.05, 4.69) is 5.32 Å². The first-order valence-corrected chi connectivity index (χ1v) is 11.7. The van der Waals surface area contributed by atoms with Crippen molar-refractivity contribution >= 4 is 29.1 Å². The van der Waals surface area contributed by atoms with Crippen molar-refractivity contribution in [3.63, 3.8) is 0 Å². The Labute approximate surface area is 195 Å². The molecule has 2 aromatic rings. The van der Waals surface area contributed by atoms with Crippen LogP contribution in [-0.4, -0.2) is 40.4 Å². The Balaban J connectivity index is 1.59. The number of ether oxygens (including phenoxy) is 1. The lowest BCUT2D eigenvalue weighted by Gasteiger charge is -2.30. The van der Waals surface area contributed by atoms with E-state index in [0.717, 1.165) is 35.5 Å². The molecule has 0 saturated carbocycles. The normalized spacial score (nSPS) is 16.7. The second-order valence-electron chi connectivity index (χ2n) is 8.62. The van der Waals surface area contributed by atoms with E-state index in [9.17, 15) is 9.59 Å². The lowest BCUT2D eigenvalue weighted by molar-refractivity contribution is -0.133. The molecule has 32 heavy (non-hydrogen) atoms. The molecule has 2 atom stereocenters. The van der Waals surface area contributed by atoms with E-state index in [-0.39, 0.29) is 24.5 Å². The fourth-order valence-corrected chi connectivity index (χ4v) is 4.38. The minimum atomic E-state index is -0.633. The van der Waals surface area contributed by atoms with Crippen LogP contribution in [0.5, 0.6) is 0 Å². The van der Waals surface area contributed by atoms with E-state index in [4.69, 9.17) is 21.4 Å². The van der Waals surface area contributed by atoms with E-state index >= 15 is 0 Å². The zero-order chi connectivity index (χ0) is 22.9. The molecule has 2 amide bonds. The lowest BCUT2D eigenvalue weighted by atomic mass is 10.0. The summed E-state index contributed by atoms with van der Waals surface area (Å²) in [6, 6.07) is 12.6. The summed E-state index contributed by atoms with van der Waals surface area (Å²) in [7, 11) is 0. The van der Waals surface area contributed by atoms with Crippen LogP contribution in [0, 0.1) is 5.92 Å². The molecular formula is C25H32N2O4S. The first kappa shape index (κ1) is 24.0. The molecule has 2 unspecified atom stereocenters. The minimum absolute atomic E-state index is 0.0794. The molecular weight excluding hydrogens is 424 g/mol. The SMILES string of the molecule is CC(C)CC(NC(=O)OCc1ccccc1)C(=O)N1CCCC1C(=S)CCc1ccco1. The molecule has 1 N–H and O–H groups in total. The van der Waals surface area contributed by atoms with Gasteiger partial charge in [0.2, 0.25) is 5.91 Å². The summed E-state index contributed by atoms with van der Waals surface area (Å²) in [6.07, 6.45) is 4.80. The van der Waals surface area contributed by atoms with Crippen molar-refractivity contribution in [2.24, 2.45) is 5.92 Å². The molecule has 1 aliphatic heterocycles. The fourth-order valence-electron chi connectivity index (χ4n) is 4.03. The van der Waals surface area contributed by atoms with Gasteiger partial charge in [-0.2, -0.15) is 0 Å². The number of nitrogens with zero attached hydrogens (tertiary/aromatic N) is 1. The number of hydrogen-bond donors (Lipinski definition) is 1. The molecule has 1 aromatic carbocycles. The van der Waals surface area contributed by atoms with Gasteiger partial charge in [-0.3, -0.25) is 4.79 Å². The molecule has 7 heteroatoms. The first-order valence-electron chi connectivity index (χ1n) is 11.3. The standard InChI is InChI=1S/C25H32N2O4S/c1-18(2)16-21(26-25(29)31-17-19-8-4-3-5-9-19)24(28)27-14-6-11-22(27)23(32)13-12-20-10-7-15-30-20/h3-5,7-10,15,18,21-22H,6,11-14,16-17H2,1-2H3,(H,26,29). The quantitative estimate of drug-likeness (QED) is 0.514. The number of aryl methyl sites for hydroxylation is 1. The summed E-state index contributed by atoms with van der Waals surface area (Å²) < 4.78 is 10.8. The molecule has 0 bridgehead atoms. The van der Waals surface area contributed by atoms with Crippen molar-refractivity contribution in [2.75, 3.05) is 6.54 Å². The van der Waals surface area contributed by atoms with E-state index in [1.54, 1.807) is 6.26 Å². The van der Waals surface area contributed by atoms with Gasteiger partial charge in [-0.05, 0) is 49.3 Å². The third-order valence-corrected chi connectivity index (χ3v) is 6.09. The Hall–Kier alpha value is -2.67. The first-order chi connectivity index (χ1) is 15.4. The third-order valence-electron chi connectivity index (χ3n) is 5.62. The fraction of sp³-hybridized carbons (Fsp3) is 0.480. The lowest BCUT2D eigenvalue weighted by Crippen LogP contribution is -2.52. The van der Waals surface area contributed by atoms with E-state index in [0.29, 0.717) is 19.4 Å². The molecule has 3 rings (SSSR count). The number of carbonyl (C=O) groups is 2. The zero-order valence-corrected chi connectivity index (χ0v) is 19.6. The zero-order valence-electron chi connectivity index (χ0n) is 18.8. The maximum Gasteiger partial charge on any atom is 0.408 e. The number of amides is 2. The molecule has 1 aliphatic rings. The van der Waals surface area contributed by atoms with Crippen LogP contribution in [0.25, 0.3) is 0 Å². The highest BCUT2D eigenvalue weighted by Crippen LogP contribution is 2.23. The Kier molecular flexibility index (Phi) is 8.85. The highest BCUT2D eigenvalue weighted by molar-refractivity contribution is 7.80. The van der Waals surface area contributed by atoms with Gasteiger partial charge in [0.15, 0.2) is 0 Å². The summed E-state index contributed by atoms with van der Waals surface area (Å²) in [6.45, 7) is 4.89. The second-order valence-corrected chi connectivity index (χ2v) is 9.15. The van der Waals surface area contributed by atoms with Crippen LogP contribution in [0.3, 0.4) is 0 Å². The smallest absolute Gasteiger partial charge is 0.408 e. The van der Waals surface area contributed by atoms with E-state index in [1.165, 1.54) is 0 Å². The highest BCUT2D eigenvalue weighted by Gasteiger charge is 2.36.